The summed E-state index contributed by atoms with van der Waals surface area (Å²) in [6.45, 7) is 15.3. The van der Waals surface area contributed by atoms with Gasteiger partial charge in [-0.05, 0) is 59.6 Å². The fraction of sp³-hybridized carbons (Fsp3) is 0.812. The topological polar surface area (TPSA) is 198 Å². The molecule has 0 aromatic rings. The van der Waals surface area contributed by atoms with Crippen LogP contribution in [0.3, 0.4) is 0 Å². The maximum absolute atomic E-state index is 14.3. The normalized spacial score (nSPS) is 39.5. The number of ether oxygens (including phenoxy) is 4. The summed E-state index contributed by atoms with van der Waals surface area (Å²) in [7, 11) is 0. The fourth-order valence-corrected chi connectivity index (χ4v) is 7.87. The van der Waals surface area contributed by atoms with E-state index in [1.165, 1.54) is 6.92 Å². The van der Waals surface area contributed by atoms with Crippen molar-refractivity contribution in [2.24, 2.45) is 22.7 Å². The van der Waals surface area contributed by atoms with Gasteiger partial charge in [-0.25, -0.2) is 4.79 Å². The van der Waals surface area contributed by atoms with Crippen LogP contribution in [0.1, 0.15) is 82.1 Å². The average molecular weight is 867 g/mol. The van der Waals surface area contributed by atoms with Crippen molar-refractivity contribution in [2.45, 2.75) is 135 Å². The zero-order valence-corrected chi connectivity index (χ0v) is 33.1. The Morgan fingerprint density at radius 3 is 2.15 bits per heavy atom. The molecule has 1 saturated heterocycles. The second-order valence-corrected chi connectivity index (χ2v) is 15.1. The summed E-state index contributed by atoms with van der Waals surface area (Å²) in [5.41, 5.74) is -7.59. The number of amides is 1. The second kappa shape index (κ2) is 13.0. The number of hydrogen-bond acceptors (Lipinski definition) is 12. The molecule has 1 heterocycles. The minimum atomic E-state index is -2.12. The van der Waals surface area contributed by atoms with Crippen LogP contribution in [0.15, 0.2) is 11.1 Å². The molecule has 2 bridgehead atoms. The summed E-state index contributed by atoms with van der Waals surface area (Å²) < 4.78 is 22.6. The van der Waals surface area contributed by atoms with Crippen molar-refractivity contribution < 1.29 is 103 Å². The molecule has 2 saturated carbocycles. The van der Waals surface area contributed by atoms with Gasteiger partial charge in [0.2, 0.25) is 0 Å². The number of carbonyl (C=O) groups is 4. The van der Waals surface area contributed by atoms with Gasteiger partial charge in [0.05, 0.1) is 30.1 Å². The summed E-state index contributed by atoms with van der Waals surface area (Å²) in [4.78, 5) is 52.7. The molecule has 3 aliphatic carbocycles. The van der Waals surface area contributed by atoms with Crippen LogP contribution < -0.4 is 5.32 Å². The average Bonchev–Trinajstić information content (AvgIpc) is 2.89. The molecule has 11 atom stereocenters. The van der Waals surface area contributed by atoms with E-state index in [4.69, 9.17) is 18.9 Å². The van der Waals surface area contributed by atoms with Crippen LogP contribution in [0, 0.1) is 66.7 Å². The third kappa shape index (κ3) is 6.22. The van der Waals surface area contributed by atoms with Gasteiger partial charge in [-0.1, -0.05) is 13.8 Å². The van der Waals surface area contributed by atoms with Crippen LogP contribution in [0.4, 0.5) is 4.79 Å². The van der Waals surface area contributed by atoms with E-state index in [9.17, 15) is 39.6 Å². The first-order valence-electron chi connectivity index (χ1n) is 15.5. The van der Waals surface area contributed by atoms with Gasteiger partial charge in [0, 0.05) is 81.2 Å². The number of esters is 2. The van der Waals surface area contributed by atoms with E-state index < -0.39 is 99.8 Å². The number of Topliss-reactive ketones (excluding diaryl/α,β-unsaturated/α-hetero) is 1. The summed E-state index contributed by atoms with van der Waals surface area (Å²) in [5, 5.41) is 50.4. The number of ketones is 1. The Morgan fingerprint density at radius 1 is 1.07 bits per heavy atom. The largest absolute Gasteiger partial charge is 0.459 e. The van der Waals surface area contributed by atoms with E-state index in [-0.39, 0.29) is 69.1 Å². The number of alkyl carbamates (subject to hydrolysis) is 1. The van der Waals surface area contributed by atoms with E-state index in [0.717, 1.165) is 6.92 Å². The number of aliphatic hydroxyl groups excluding tert-OH is 2. The molecule has 0 spiro atoms. The van der Waals surface area contributed by atoms with Gasteiger partial charge < -0.3 is 44.7 Å². The third-order valence-corrected chi connectivity index (χ3v) is 10.8. The molecule has 2 unspecified atom stereocenters. The molecule has 4 rings (SSSR count). The van der Waals surface area contributed by atoms with E-state index in [1.807, 2.05) is 0 Å². The zero-order valence-electron chi connectivity index (χ0n) is 28.4. The van der Waals surface area contributed by atoms with Crippen molar-refractivity contribution in [2.75, 3.05) is 6.61 Å². The molecule has 14 heteroatoms. The molecule has 3 fully saturated rings. The van der Waals surface area contributed by atoms with Crippen molar-refractivity contribution >= 4 is 23.8 Å². The number of fused-ring (bicyclic) bond motifs is 5. The minimum absolute atomic E-state index is 0. The van der Waals surface area contributed by atoms with E-state index >= 15 is 0 Å². The smallest absolute Gasteiger partial charge is 0.407 e. The molecule has 46 heavy (non-hydrogen) atoms. The van der Waals surface area contributed by atoms with Crippen LogP contribution >= 0.6 is 0 Å². The number of hydrogen-bond donors (Lipinski definition) is 5. The van der Waals surface area contributed by atoms with Crippen molar-refractivity contribution in [1.29, 1.82) is 0 Å². The van der Waals surface area contributed by atoms with Crippen molar-refractivity contribution in [1.82, 2.24) is 5.32 Å². The van der Waals surface area contributed by atoms with E-state index in [1.54, 1.807) is 55.4 Å². The summed E-state index contributed by atoms with van der Waals surface area (Å²) >= 11 is 0. The molecule has 0 aromatic carbocycles. The van der Waals surface area contributed by atoms with Crippen LogP contribution in [0.5, 0.6) is 0 Å². The SMILES string of the molecule is CC(=O)O[C@H]1[C@@H]2[C@]3(O)CO[C@@H]3C[C@H](O)[C@@]2(C)C(=O)[C@H](O)C2=C(C)C(OC(=O)C(C)[C@H](C)NC(=O)OC(C)(C)C)C[C@]1(O)C2(C)C.[Ac]. The number of carbonyl (C=O) groups excluding carboxylic acids is 4. The van der Waals surface area contributed by atoms with Crippen LogP contribution in [-0.4, -0.2) is 104 Å². The van der Waals surface area contributed by atoms with Crippen molar-refractivity contribution in [3.63, 3.8) is 0 Å². The number of nitrogens with one attached hydrogen (secondary N) is 1. The predicted molar refractivity (Wildman–Crippen MR) is 157 cm³/mol. The Balaban J connectivity index is 0.00000576. The number of aliphatic hydroxyl groups is 4. The molecular formula is C32H49AcNO12. The molecule has 257 valence electrons. The molecule has 4 aliphatic rings. The molecule has 0 aromatic heterocycles. The van der Waals surface area contributed by atoms with Gasteiger partial charge in [-0.2, -0.15) is 0 Å². The Labute approximate surface area is 305 Å². The van der Waals surface area contributed by atoms with E-state index in [0.29, 0.717) is 5.57 Å². The number of rotatable bonds is 5. The fourth-order valence-electron chi connectivity index (χ4n) is 7.87. The Morgan fingerprint density at radius 2 is 1.65 bits per heavy atom. The molecule has 1 amide bonds. The Hall–Kier alpha value is -1.14. The summed E-state index contributed by atoms with van der Waals surface area (Å²) in [6, 6.07) is -0.718. The third-order valence-electron chi connectivity index (χ3n) is 10.8. The van der Waals surface area contributed by atoms with Gasteiger partial charge >= 0.3 is 18.0 Å². The van der Waals surface area contributed by atoms with Gasteiger partial charge in [-0.15, -0.1) is 0 Å². The van der Waals surface area contributed by atoms with Crippen molar-refractivity contribution in [3.05, 3.63) is 11.1 Å². The Bertz CT molecular complexity index is 1290. The van der Waals surface area contributed by atoms with Crippen LogP contribution in [-0.2, 0) is 33.3 Å². The summed E-state index contributed by atoms with van der Waals surface area (Å²) in [6.07, 6.45) is -8.12. The molecular weight excluding hydrogens is 817 g/mol. The minimum Gasteiger partial charge on any atom is -0.459 e. The van der Waals surface area contributed by atoms with Crippen LogP contribution in [0.25, 0.3) is 0 Å². The summed E-state index contributed by atoms with van der Waals surface area (Å²) in [5.74, 6) is -4.65. The van der Waals surface area contributed by atoms with Crippen LogP contribution in [0.2, 0.25) is 0 Å². The Kier molecular flexibility index (Phi) is 11.1. The second-order valence-electron chi connectivity index (χ2n) is 15.1. The maximum atomic E-state index is 14.3. The first-order chi connectivity index (χ1) is 20.4. The molecule has 5 N–H and O–H groups in total. The quantitative estimate of drug-likeness (QED) is 0.151. The molecule has 1 aliphatic heterocycles. The van der Waals surface area contributed by atoms with Gasteiger partial charge in [0.25, 0.3) is 0 Å². The predicted octanol–water partition coefficient (Wildman–Crippen LogP) is 1.32. The monoisotopic (exact) mass is 866 g/mol. The van der Waals surface area contributed by atoms with Gasteiger partial charge in [-0.3, -0.25) is 14.4 Å². The van der Waals surface area contributed by atoms with Crippen molar-refractivity contribution in [3.8, 4) is 0 Å². The zero-order chi connectivity index (χ0) is 34.2. The standard InChI is InChI=1S/C32H49NO12.Ac/c1-14(16(3)33-27(39)45-28(5,6)7)26(38)44-18-12-32(41)25(43-17(4)34)23-30(10,19(35)11-20-31(23,40)13-42-20)24(37)22(36)21(15(18)2)29(32,8)9;/h14,16,18-20,22-23,25,35-36,40-41H,11-13H2,1-10H3,(H,33,39);/t14?,16-,18?,19-,20+,22+,23-,25-,30+,31-,32+;/m0./s1. The van der Waals surface area contributed by atoms with Gasteiger partial charge in [0.15, 0.2) is 5.78 Å². The molecule has 13 nitrogen and oxygen atoms in total. The first-order valence-corrected chi connectivity index (χ1v) is 15.5. The first kappa shape index (κ1) is 39.3. The van der Waals surface area contributed by atoms with Gasteiger partial charge in [0.1, 0.15) is 35.1 Å². The maximum Gasteiger partial charge on any atom is 0.407 e. The molecule has 1 radical (unpaired) electrons. The van der Waals surface area contributed by atoms with E-state index in [2.05, 4.69) is 5.32 Å².